The fourth-order valence-electron chi connectivity index (χ4n) is 5.54. The summed E-state index contributed by atoms with van der Waals surface area (Å²) in [7, 11) is 0. The summed E-state index contributed by atoms with van der Waals surface area (Å²) in [6, 6.07) is 0. The third-order valence-corrected chi connectivity index (χ3v) is 5.78. The molecule has 4 heteroatoms. The molecule has 0 aromatic rings. The van der Waals surface area contributed by atoms with Gasteiger partial charge in [0.1, 0.15) is 0 Å². The van der Waals surface area contributed by atoms with Gasteiger partial charge in [-0.15, -0.1) is 0 Å². The number of hydrogen-bond acceptors (Lipinski definition) is 4. The Morgan fingerprint density at radius 3 is 2.41 bits per heavy atom. The van der Waals surface area contributed by atoms with Crippen LogP contribution in [-0.4, -0.2) is 24.2 Å². The number of carbonyl (C=O) groups excluding carboxylic acids is 2. The lowest BCUT2D eigenvalue weighted by Gasteiger charge is -2.57. The number of rotatable bonds is 3. The third-order valence-electron chi connectivity index (χ3n) is 5.78. The molecule has 3 unspecified atom stereocenters. The first kappa shape index (κ1) is 17.1. The number of isocyanates is 2. The average Bonchev–Trinajstić information content (AvgIpc) is 2.39. The highest BCUT2D eigenvalue weighted by atomic mass is 16.1. The monoisotopic (exact) mass is 304 g/mol. The lowest BCUT2D eigenvalue weighted by atomic mass is 9.49. The molecule has 3 atom stereocenters. The fourth-order valence-corrected chi connectivity index (χ4v) is 5.54. The maximum atomic E-state index is 11.2. The van der Waals surface area contributed by atoms with E-state index in [1.54, 1.807) is 6.08 Å². The van der Waals surface area contributed by atoms with E-state index in [0.29, 0.717) is 12.5 Å². The van der Waals surface area contributed by atoms with E-state index in [1.807, 2.05) is 6.08 Å². The van der Waals surface area contributed by atoms with Crippen molar-refractivity contribution >= 4 is 12.2 Å². The standard InChI is InChI=1S/C18H28N2O2/c1-16(2)10-17(3,12-19-13-21)15-8-6-4-5-7-9-18(15,11-16)20-14-22/h15H,4-12H2,1-3H3. The first-order valence-corrected chi connectivity index (χ1v) is 8.50. The van der Waals surface area contributed by atoms with Crippen molar-refractivity contribution in [3.05, 3.63) is 0 Å². The molecule has 0 aromatic heterocycles. The van der Waals surface area contributed by atoms with Crippen molar-refractivity contribution in [1.82, 2.24) is 0 Å². The van der Waals surface area contributed by atoms with Crippen molar-refractivity contribution < 1.29 is 9.59 Å². The van der Waals surface area contributed by atoms with Crippen LogP contribution in [0.3, 0.4) is 0 Å². The van der Waals surface area contributed by atoms with Crippen LogP contribution in [0.25, 0.3) is 0 Å². The van der Waals surface area contributed by atoms with Gasteiger partial charge in [0.15, 0.2) is 0 Å². The van der Waals surface area contributed by atoms with Gasteiger partial charge in [-0.1, -0.05) is 46.5 Å². The van der Waals surface area contributed by atoms with Gasteiger partial charge >= 0.3 is 0 Å². The molecule has 0 amide bonds. The van der Waals surface area contributed by atoms with Gasteiger partial charge in [0.05, 0.1) is 12.1 Å². The Kier molecular flexibility index (Phi) is 5.04. The molecule has 0 N–H and O–H groups in total. The van der Waals surface area contributed by atoms with Crippen molar-refractivity contribution in [2.24, 2.45) is 26.7 Å². The zero-order chi connectivity index (χ0) is 16.3. The molecule has 2 fully saturated rings. The van der Waals surface area contributed by atoms with Gasteiger partial charge in [-0.3, -0.25) is 0 Å². The van der Waals surface area contributed by atoms with Crippen LogP contribution in [0.2, 0.25) is 0 Å². The maximum absolute atomic E-state index is 11.2. The SMILES string of the molecule is CC1(C)CC(C)(CN=C=O)C2CCCCCCC2(N=C=O)C1. The number of hydrogen-bond donors (Lipinski definition) is 0. The van der Waals surface area contributed by atoms with Crippen molar-refractivity contribution in [3.8, 4) is 0 Å². The van der Waals surface area contributed by atoms with Crippen LogP contribution in [0.4, 0.5) is 0 Å². The largest absolute Gasteiger partial charge is 0.235 e. The van der Waals surface area contributed by atoms with E-state index in [1.165, 1.54) is 19.3 Å². The third kappa shape index (κ3) is 3.39. The summed E-state index contributed by atoms with van der Waals surface area (Å²) in [6.07, 6.45) is 12.3. The second-order valence-corrected chi connectivity index (χ2v) is 8.39. The number of nitrogens with zero attached hydrogens (tertiary/aromatic N) is 2. The lowest BCUT2D eigenvalue weighted by molar-refractivity contribution is -0.0387. The summed E-state index contributed by atoms with van der Waals surface area (Å²) < 4.78 is 0. The summed E-state index contributed by atoms with van der Waals surface area (Å²) in [5.41, 5.74) is -0.336. The Hall–Kier alpha value is -1.24. The van der Waals surface area contributed by atoms with E-state index in [0.717, 1.165) is 32.1 Å². The molecular weight excluding hydrogens is 276 g/mol. The summed E-state index contributed by atoms with van der Waals surface area (Å²) in [6.45, 7) is 7.19. The molecule has 4 nitrogen and oxygen atoms in total. The topological polar surface area (TPSA) is 58.9 Å². The predicted octanol–water partition coefficient (Wildman–Crippen LogP) is 4.19. The molecular formula is C18H28N2O2. The Balaban J connectivity index is 2.49. The van der Waals surface area contributed by atoms with Crippen molar-refractivity contribution in [2.45, 2.75) is 77.7 Å². The van der Waals surface area contributed by atoms with E-state index in [2.05, 4.69) is 30.8 Å². The Morgan fingerprint density at radius 2 is 1.73 bits per heavy atom. The van der Waals surface area contributed by atoms with Gasteiger partial charge in [-0.2, -0.15) is 4.99 Å². The van der Waals surface area contributed by atoms with Crippen LogP contribution in [0.5, 0.6) is 0 Å². The summed E-state index contributed by atoms with van der Waals surface area (Å²) in [5.74, 6) is 0.298. The quantitative estimate of drug-likeness (QED) is 0.579. The van der Waals surface area contributed by atoms with Crippen LogP contribution >= 0.6 is 0 Å². The first-order valence-electron chi connectivity index (χ1n) is 8.50. The molecule has 2 rings (SSSR count). The van der Waals surface area contributed by atoms with Crippen LogP contribution in [0, 0.1) is 16.7 Å². The van der Waals surface area contributed by atoms with Gasteiger partial charge < -0.3 is 0 Å². The molecule has 2 aliphatic rings. The normalized spacial score (nSPS) is 37.7. The number of aliphatic imine (C=N–C) groups is 2. The molecule has 122 valence electrons. The minimum Gasteiger partial charge on any atom is -0.211 e. The average molecular weight is 304 g/mol. The molecule has 0 saturated heterocycles. The highest BCUT2D eigenvalue weighted by Crippen LogP contribution is 2.59. The van der Waals surface area contributed by atoms with Crippen molar-refractivity contribution in [3.63, 3.8) is 0 Å². The molecule has 0 bridgehead atoms. The van der Waals surface area contributed by atoms with Gasteiger partial charge in [-0.05, 0) is 42.4 Å². The van der Waals surface area contributed by atoms with Gasteiger partial charge in [0.25, 0.3) is 0 Å². The molecule has 0 radical (unpaired) electrons. The molecule has 2 saturated carbocycles. The molecule has 2 aliphatic carbocycles. The first-order chi connectivity index (χ1) is 10.4. The zero-order valence-electron chi connectivity index (χ0n) is 14.2. The van der Waals surface area contributed by atoms with Gasteiger partial charge in [0, 0.05) is 0 Å². The highest BCUT2D eigenvalue weighted by Gasteiger charge is 2.56. The molecule has 0 aliphatic heterocycles. The minimum atomic E-state index is -0.322. The number of fused-ring (bicyclic) bond motifs is 1. The Morgan fingerprint density at radius 1 is 1.00 bits per heavy atom. The predicted molar refractivity (Wildman–Crippen MR) is 86.2 cm³/mol. The highest BCUT2D eigenvalue weighted by molar-refractivity contribution is 5.36. The summed E-state index contributed by atoms with van der Waals surface area (Å²) in [4.78, 5) is 30.2. The molecule has 0 aromatic carbocycles. The second-order valence-electron chi connectivity index (χ2n) is 8.39. The minimum absolute atomic E-state index is 0.0865. The van der Waals surface area contributed by atoms with Crippen LogP contribution < -0.4 is 0 Å². The van der Waals surface area contributed by atoms with E-state index in [-0.39, 0.29) is 16.4 Å². The van der Waals surface area contributed by atoms with E-state index in [9.17, 15) is 9.59 Å². The lowest BCUT2D eigenvalue weighted by Crippen LogP contribution is -2.55. The van der Waals surface area contributed by atoms with Crippen LogP contribution in [0.15, 0.2) is 9.98 Å². The van der Waals surface area contributed by atoms with Gasteiger partial charge in [0.2, 0.25) is 12.2 Å². The van der Waals surface area contributed by atoms with E-state index in [4.69, 9.17) is 0 Å². The Bertz CT molecular complexity index is 503. The molecule has 0 heterocycles. The van der Waals surface area contributed by atoms with E-state index >= 15 is 0 Å². The molecule has 22 heavy (non-hydrogen) atoms. The summed E-state index contributed by atoms with van der Waals surface area (Å²) >= 11 is 0. The van der Waals surface area contributed by atoms with Crippen LogP contribution in [-0.2, 0) is 9.59 Å². The molecule has 0 spiro atoms. The Labute approximate surface area is 133 Å². The van der Waals surface area contributed by atoms with Crippen molar-refractivity contribution in [2.75, 3.05) is 6.54 Å². The van der Waals surface area contributed by atoms with Gasteiger partial charge in [-0.25, -0.2) is 14.6 Å². The summed E-state index contributed by atoms with van der Waals surface area (Å²) in [5, 5.41) is 0. The van der Waals surface area contributed by atoms with Crippen molar-refractivity contribution in [1.29, 1.82) is 0 Å². The fraction of sp³-hybridized carbons (Fsp3) is 0.889. The second kappa shape index (κ2) is 6.48. The van der Waals surface area contributed by atoms with Crippen LogP contribution in [0.1, 0.15) is 72.1 Å². The van der Waals surface area contributed by atoms with E-state index < -0.39 is 0 Å². The smallest absolute Gasteiger partial charge is 0.211 e. The maximum Gasteiger partial charge on any atom is 0.235 e. The zero-order valence-corrected chi connectivity index (χ0v) is 14.2.